The SMILES string of the molecule is O=C(/C=C/c1ccc2c(c1)OCO2)N1CCCCC1CO. The molecule has 2 aliphatic heterocycles. The van der Waals surface area contributed by atoms with E-state index in [2.05, 4.69) is 0 Å². The highest BCUT2D eigenvalue weighted by atomic mass is 16.7. The molecule has 1 atom stereocenters. The fraction of sp³-hybridized carbons (Fsp3) is 0.438. The van der Waals surface area contributed by atoms with Crippen LogP contribution in [0.5, 0.6) is 11.5 Å². The van der Waals surface area contributed by atoms with E-state index in [1.165, 1.54) is 0 Å². The van der Waals surface area contributed by atoms with Gasteiger partial charge in [0.25, 0.3) is 0 Å². The first-order valence-corrected chi connectivity index (χ1v) is 7.27. The van der Waals surface area contributed by atoms with Gasteiger partial charge >= 0.3 is 0 Å². The Morgan fingerprint density at radius 3 is 3.05 bits per heavy atom. The molecular formula is C16H19NO4. The Morgan fingerprint density at radius 2 is 2.19 bits per heavy atom. The first-order valence-electron chi connectivity index (χ1n) is 7.27. The van der Waals surface area contributed by atoms with Crippen LogP contribution < -0.4 is 9.47 Å². The van der Waals surface area contributed by atoms with Gasteiger partial charge in [0.2, 0.25) is 12.7 Å². The van der Waals surface area contributed by atoms with Crippen LogP contribution in [0.4, 0.5) is 0 Å². The molecule has 5 nitrogen and oxygen atoms in total. The molecule has 0 saturated carbocycles. The molecule has 21 heavy (non-hydrogen) atoms. The van der Waals surface area contributed by atoms with Crippen LogP contribution in [-0.2, 0) is 4.79 Å². The minimum Gasteiger partial charge on any atom is -0.454 e. The van der Waals surface area contributed by atoms with Crippen LogP contribution in [-0.4, -0.2) is 41.9 Å². The maximum absolute atomic E-state index is 12.2. The maximum atomic E-state index is 12.2. The van der Waals surface area contributed by atoms with Gasteiger partial charge in [-0.25, -0.2) is 0 Å². The van der Waals surface area contributed by atoms with E-state index in [9.17, 15) is 9.90 Å². The molecule has 0 aromatic heterocycles. The molecule has 1 amide bonds. The lowest BCUT2D eigenvalue weighted by atomic mass is 10.0. The predicted octanol–water partition coefficient (Wildman–Crippen LogP) is 1.80. The number of carbonyl (C=O) groups is 1. The molecule has 2 heterocycles. The summed E-state index contributed by atoms with van der Waals surface area (Å²) in [5.41, 5.74) is 0.894. The van der Waals surface area contributed by atoms with Crippen LogP contribution in [0.2, 0.25) is 0 Å². The molecule has 1 aromatic carbocycles. The Kier molecular flexibility index (Phi) is 4.10. The van der Waals surface area contributed by atoms with Crippen molar-refractivity contribution < 1.29 is 19.4 Å². The van der Waals surface area contributed by atoms with Crippen molar-refractivity contribution in [3.63, 3.8) is 0 Å². The van der Waals surface area contributed by atoms with E-state index < -0.39 is 0 Å². The van der Waals surface area contributed by atoms with Crippen molar-refractivity contribution in [1.29, 1.82) is 0 Å². The number of aliphatic hydroxyl groups is 1. The molecule has 112 valence electrons. The summed E-state index contributed by atoms with van der Waals surface area (Å²) in [7, 11) is 0. The Hall–Kier alpha value is -2.01. The first-order chi connectivity index (χ1) is 10.3. The van der Waals surface area contributed by atoms with Crippen LogP contribution in [0.3, 0.4) is 0 Å². The van der Waals surface area contributed by atoms with E-state index in [4.69, 9.17) is 9.47 Å². The van der Waals surface area contributed by atoms with Crippen LogP contribution >= 0.6 is 0 Å². The zero-order valence-corrected chi connectivity index (χ0v) is 11.8. The van der Waals surface area contributed by atoms with Gasteiger partial charge in [0.1, 0.15) is 0 Å². The Labute approximate surface area is 123 Å². The predicted molar refractivity (Wildman–Crippen MR) is 78.0 cm³/mol. The summed E-state index contributed by atoms with van der Waals surface area (Å²) in [6.07, 6.45) is 6.28. The van der Waals surface area contributed by atoms with E-state index in [-0.39, 0.29) is 25.3 Å². The molecule has 0 radical (unpaired) electrons. The van der Waals surface area contributed by atoms with Gasteiger partial charge in [0.05, 0.1) is 12.6 Å². The number of fused-ring (bicyclic) bond motifs is 1. The molecule has 3 rings (SSSR count). The summed E-state index contributed by atoms with van der Waals surface area (Å²) < 4.78 is 10.6. The lowest BCUT2D eigenvalue weighted by molar-refractivity contribution is -0.130. The highest BCUT2D eigenvalue weighted by Crippen LogP contribution is 2.32. The Bertz CT molecular complexity index is 555. The van der Waals surface area contributed by atoms with E-state index >= 15 is 0 Å². The zero-order chi connectivity index (χ0) is 14.7. The summed E-state index contributed by atoms with van der Waals surface area (Å²) in [6, 6.07) is 5.53. The zero-order valence-electron chi connectivity index (χ0n) is 11.8. The van der Waals surface area contributed by atoms with Gasteiger partial charge in [-0.3, -0.25) is 4.79 Å². The quantitative estimate of drug-likeness (QED) is 0.862. The fourth-order valence-corrected chi connectivity index (χ4v) is 2.76. The van der Waals surface area contributed by atoms with E-state index in [0.717, 1.165) is 37.1 Å². The van der Waals surface area contributed by atoms with Crippen molar-refractivity contribution >= 4 is 12.0 Å². The lowest BCUT2D eigenvalue weighted by Gasteiger charge is -2.33. The average Bonchev–Trinajstić information content (AvgIpc) is 3.00. The van der Waals surface area contributed by atoms with Crippen LogP contribution in [0.15, 0.2) is 24.3 Å². The number of benzene rings is 1. The van der Waals surface area contributed by atoms with Gasteiger partial charge in [-0.2, -0.15) is 0 Å². The normalized spacial score (nSPS) is 21.0. The number of hydrogen-bond donors (Lipinski definition) is 1. The largest absolute Gasteiger partial charge is 0.454 e. The van der Waals surface area contributed by atoms with Crippen molar-refractivity contribution in [3.05, 3.63) is 29.8 Å². The third-order valence-corrected chi connectivity index (χ3v) is 3.94. The molecule has 0 aliphatic carbocycles. The molecule has 5 heteroatoms. The molecule has 1 N–H and O–H groups in total. The van der Waals surface area contributed by atoms with Gasteiger partial charge in [-0.05, 0) is 43.0 Å². The summed E-state index contributed by atoms with van der Waals surface area (Å²) >= 11 is 0. The Morgan fingerprint density at radius 1 is 1.33 bits per heavy atom. The number of amides is 1. The van der Waals surface area contributed by atoms with Gasteiger partial charge in [0, 0.05) is 12.6 Å². The number of hydrogen-bond acceptors (Lipinski definition) is 4. The summed E-state index contributed by atoms with van der Waals surface area (Å²) in [6.45, 7) is 0.993. The minimum atomic E-state index is -0.0496. The van der Waals surface area contributed by atoms with Gasteiger partial charge in [-0.15, -0.1) is 0 Å². The molecule has 1 unspecified atom stereocenters. The molecule has 2 aliphatic rings. The second-order valence-corrected chi connectivity index (χ2v) is 5.31. The highest BCUT2D eigenvalue weighted by molar-refractivity contribution is 5.92. The molecule has 1 fully saturated rings. The first kappa shape index (κ1) is 13.9. The average molecular weight is 289 g/mol. The standard InChI is InChI=1S/C16H19NO4/c18-10-13-3-1-2-8-17(13)16(19)7-5-12-4-6-14-15(9-12)21-11-20-14/h4-7,9,13,18H,1-3,8,10-11H2/b7-5+. The third kappa shape index (κ3) is 3.03. The summed E-state index contributed by atoms with van der Waals surface area (Å²) in [5, 5.41) is 9.35. The monoisotopic (exact) mass is 289 g/mol. The fourth-order valence-electron chi connectivity index (χ4n) is 2.76. The highest BCUT2D eigenvalue weighted by Gasteiger charge is 2.24. The van der Waals surface area contributed by atoms with Gasteiger partial charge < -0.3 is 19.5 Å². The number of aliphatic hydroxyl groups excluding tert-OH is 1. The van der Waals surface area contributed by atoms with E-state index in [1.807, 2.05) is 18.2 Å². The number of ether oxygens (including phenoxy) is 2. The smallest absolute Gasteiger partial charge is 0.246 e. The number of likely N-dealkylation sites (tertiary alicyclic amines) is 1. The molecule has 1 aromatic rings. The molecule has 0 spiro atoms. The van der Waals surface area contributed by atoms with E-state index in [1.54, 1.807) is 17.1 Å². The lowest BCUT2D eigenvalue weighted by Crippen LogP contribution is -2.44. The second kappa shape index (κ2) is 6.18. The maximum Gasteiger partial charge on any atom is 0.246 e. The van der Waals surface area contributed by atoms with E-state index in [0.29, 0.717) is 5.75 Å². The summed E-state index contributed by atoms with van der Waals surface area (Å²) in [4.78, 5) is 14.0. The topological polar surface area (TPSA) is 59.0 Å². The number of carbonyl (C=O) groups excluding carboxylic acids is 1. The minimum absolute atomic E-state index is 0.0314. The van der Waals surface area contributed by atoms with Crippen molar-refractivity contribution in [2.75, 3.05) is 19.9 Å². The Balaban J connectivity index is 1.68. The van der Waals surface area contributed by atoms with Crippen molar-refractivity contribution in [2.45, 2.75) is 25.3 Å². The molecule has 0 bridgehead atoms. The van der Waals surface area contributed by atoms with Crippen LogP contribution in [0.25, 0.3) is 6.08 Å². The van der Waals surface area contributed by atoms with Gasteiger partial charge in [0.15, 0.2) is 11.5 Å². The van der Waals surface area contributed by atoms with Crippen molar-refractivity contribution in [2.24, 2.45) is 0 Å². The molecule has 1 saturated heterocycles. The van der Waals surface area contributed by atoms with Crippen molar-refractivity contribution in [3.8, 4) is 11.5 Å². The number of rotatable bonds is 3. The van der Waals surface area contributed by atoms with Crippen LogP contribution in [0.1, 0.15) is 24.8 Å². The second-order valence-electron chi connectivity index (χ2n) is 5.31. The molecular weight excluding hydrogens is 270 g/mol. The number of piperidine rings is 1. The third-order valence-electron chi connectivity index (χ3n) is 3.94. The summed E-state index contributed by atoms with van der Waals surface area (Å²) in [5.74, 6) is 1.39. The number of nitrogens with zero attached hydrogens (tertiary/aromatic N) is 1. The van der Waals surface area contributed by atoms with Crippen LogP contribution in [0, 0.1) is 0 Å². The van der Waals surface area contributed by atoms with Gasteiger partial charge in [-0.1, -0.05) is 6.07 Å². The van der Waals surface area contributed by atoms with Crippen molar-refractivity contribution in [1.82, 2.24) is 4.90 Å².